The highest BCUT2D eigenvalue weighted by Crippen LogP contribution is 2.12. The molecule has 17 heavy (non-hydrogen) atoms. The summed E-state index contributed by atoms with van der Waals surface area (Å²) in [7, 11) is 1.64. The first kappa shape index (κ1) is 13.4. The van der Waals surface area contributed by atoms with Gasteiger partial charge < -0.3 is 10.1 Å². The van der Waals surface area contributed by atoms with Crippen LogP contribution in [-0.2, 0) is 0 Å². The topological polar surface area (TPSA) is 45.7 Å². The maximum atomic E-state index is 5.16. The number of methoxy groups -OCH3 is 1. The van der Waals surface area contributed by atoms with E-state index in [0.29, 0.717) is 5.11 Å². The number of hydrazone groups is 1. The van der Waals surface area contributed by atoms with E-state index in [1.807, 2.05) is 38.1 Å². The first-order valence-electron chi connectivity index (χ1n) is 5.40. The second-order valence-corrected chi connectivity index (χ2v) is 3.81. The minimum atomic E-state index is 0.523. The van der Waals surface area contributed by atoms with Crippen LogP contribution in [0.15, 0.2) is 29.4 Å². The van der Waals surface area contributed by atoms with Crippen LogP contribution >= 0.6 is 12.2 Å². The largest absolute Gasteiger partial charge is 0.497 e. The van der Waals surface area contributed by atoms with E-state index in [-0.39, 0.29) is 0 Å². The fourth-order valence-electron chi connectivity index (χ4n) is 1.25. The molecule has 1 aromatic rings. The molecule has 4 nitrogen and oxygen atoms in total. The van der Waals surface area contributed by atoms with Crippen LogP contribution < -0.4 is 15.5 Å². The molecular formula is C12H17N3OS. The van der Waals surface area contributed by atoms with Crippen molar-refractivity contribution in [1.82, 2.24) is 10.7 Å². The van der Waals surface area contributed by atoms with Gasteiger partial charge in [-0.2, -0.15) is 5.10 Å². The number of hydrogen-bond acceptors (Lipinski definition) is 3. The van der Waals surface area contributed by atoms with Crippen molar-refractivity contribution in [3.8, 4) is 5.75 Å². The molecule has 5 heteroatoms. The van der Waals surface area contributed by atoms with Crippen LogP contribution in [0.3, 0.4) is 0 Å². The number of benzene rings is 1. The van der Waals surface area contributed by atoms with Crippen molar-refractivity contribution in [2.45, 2.75) is 13.8 Å². The van der Waals surface area contributed by atoms with E-state index in [9.17, 15) is 0 Å². The molecule has 0 amide bonds. The van der Waals surface area contributed by atoms with Crippen LogP contribution in [0, 0.1) is 0 Å². The Bertz CT molecular complexity index is 418. The normalized spacial score (nSPS) is 10.9. The summed E-state index contributed by atoms with van der Waals surface area (Å²) >= 11 is 5.02. The van der Waals surface area contributed by atoms with Crippen LogP contribution in [0.4, 0.5) is 0 Å². The Morgan fingerprint density at radius 3 is 2.88 bits per heavy atom. The van der Waals surface area contributed by atoms with Crippen molar-refractivity contribution < 1.29 is 4.74 Å². The molecule has 0 atom stereocenters. The molecule has 0 heterocycles. The summed E-state index contributed by atoms with van der Waals surface area (Å²) in [4.78, 5) is 0. The molecule has 0 saturated carbocycles. The van der Waals surface area contributed by atoms with Gasteiger partial charge in [-0.1, -0.05) is 12.1 Å². The fraction of sp³-hybridized carbons (Fsp3) is 0.333. The van der Waals surface area contributed by atoms with Crippen molar-refractivity contribution in [3.63, 3.8) is 0 Å². The van der Waals surface area contributed by atoms with Gasteiger partial charge in [0.25, 0.3) is 0 Å². The lowest BCUT2D eigenvalue weighted by molar-refractivity contribution is 0.414. The number of nitrogens with zero attached hydrogens (tertiary/aromatic N) is 1. The van der Waals surface area contributed by atoms with Gasteiger partial charge in [-0.3, -0.25) is 5.43 Å². The lowest BCUT2D eigenvalue weighted by Crippen LogP contribution is -2.32. The van der Waals surface area contributed by atoms with E-state index in [1.165, 1.54) is 0 Å². The maximum absolute atomic E-state index is 5.16. The molecule has 0 aliphatic heterocycles. The first-order chi connectivity index (χ1) is 8.17. The summed E-state index contributed by atoms with van der Waals surface area (Å²) in [5, 5.41) is 7.68. The van der Waals surface area contributed by atoms with Gasteiger partial charge in [0.2, 0.25) is 0 Å². The standard InChI is InChI=1S/C12H17N3OS/c1-4-13-12(17)15-14-9(2)10-6-5-7-11(8-10)16-3/h5-8H,4H2,1-3H3,(H2,13,15,17)/b14-9+. The molecule has 0 saturated heterocycles. The summed E-state index contributed by atoms with van der Waals surface area (Å²) in [5.74, 6) is 0.811. The summed E-state index contributed by atoms with van der Waals surface area (Å²) in [6.07, 6.45) is 0. The summed E-state index contributed by atoms with van der Waals surface area (Å²) < 4.78 is 5.16. The van der Waals surface area contributed by atoms with Gasteiger partial charge in [-0.15, -0.1) is 0 Å². The molecule has 1 aromatic carbocycles. The van der Waals surface area contributed by atoms with Crippen LogP contribution in [0.2, 0.25) is 0 Å². The van der Waals surface area contributed by atoms with Crippen molar-refractivity contribution >= 4 is 23.0 Å². The number of thiocarbonyl (C=S) groups is 1. The van der Waals surface area contributed by atoms with Gasteiger partial charge in [0, 0.05) is 12.1 Å². The smallest absolute Gasteiger partial charge is 0.186 e. The third-order valence-corrected chi connectivity index (χ3v) is 2.39. The Kier molecular flexibility index (Phi) is 5.42. The SMILES string of the molecule is CCNC(=S)N/N=C(\C)c1cccc(OC)c1. The molecule has 1 rings (SSSR count). The summed E-state index contributed by atoms with van der Waals surface area (Å²) in [6, 6.07) is 7.72. The second-order valence-electron chi connectivity index (χ2n) is 3.40. The van der Waals surface area contributed by atoms with Crippen LogP contribution in [0.5, 0.6) is 5.75 Å². The monoisotopic (exact) mass is 251 g/mol. The Morgan fingerprint density at radius 2 is 2.24 bits per heavy atom. The zero-order valence-electron chi connectivity index (χ0n) is 10.3. The highest BCUT2D eigenvalue weighted by Gasteiger charge is 1.99. The van der Waals surface area contributed by atoms with Crippen molar-refractivity contribution in [3.05, 3.63) is 29.8 Å². The van der Waals surface area contributed by atoms with E-state index < -0.39 is 0 Å². The lowest BCUT2D eigenvalue weighted by Gasteiger charge is -2.06. The molecule has 0 aromatic heterocycles. The predicted molar refractivity (Wildman–Crippen MR) is 74.6 cm³/mol. The van der Waals surface area contributed by atoms with Gasteiger partial charge in [0.1, 0.15) is 5.75 Å². The number of ether oxygens (including phenoxy) is 1. The number of rotatable bonds is 4. The second kappa shape index (κ2) is 6.85. The molecule has 0 aliphatic carbocycles. The van der Waals surface area contributed by atoms with Gasteiger partial charge in [0.15, 0.2) is 5.11 Å². The van der Waals surface area contributed by atoms with Crippen molar-refractivity contribution in [2.75, 3.05) is 13.7 Å². The van der Waals surface area contributed by atoms with Gasteiger partial charge >= 0.3 is 0 Å². The number of nitrogens with one attached hydrogen (secondary N) is 2. The summed E-state index contributed by atoms with van der Waals surface area (Å²) in [6.45, 7) is 4.67. The van der Waals surface area contributed by atoms with Gasteiger partial charge in [0.05, 0.1) is 12.8 Å². The van der Waals surface area contributed by atoms with Crippen molar-refractivity contribution in [1.29, 1.82) is 0 Å². The molecule has 2 N–H and O–H groups in total. The fourth-order valence-corrected chi connectivity index (χ4v) is 1.44. The molecule has 0 radical (unpaired) electrons. The van der Waals surface area contributed by atoms with Crippen LogP contribution in [0.25, 0.3) is 0 Å². The zero-order chi connectivity index (χ0) is 12.7. The van der Waals surface area contributed by atoms with Crippen LogP contribution in [0.1, 0.15) is 19.4 Å². The average Bonchev–Trinajstić information content (AvgIpc) is 2.36. The highest BCUT2D eigenvalue weighted by atomic mass is 32.1. The maximum Gasteiger partial charge on any atom is 0.186 e. The molecule has 0 bridgehead atoms. The van der Waals surface area contributed by atoms with Gasteiger partial charge in [-0.05, 0) is 38.2 Å². The molecule has 0 fully saturated rings. The minimum Gasteiger partial charge on any atom is -0.497 e. The Hall–Kier alpha value is -1.62. The Labute approximate surface area is 107 Å². The third kappa shape index (κ3) is 4.40. The first-order valence-corrected chi connectivity index (χ1v) is 5.80. The Morgan fingerprint density at radius 1 is 1.47 bits per heavy atom. The minimum absolute atomic E-state index is 0.523. The van der Waals surface area contributed by atoms with E-state index in [1.54, 1.807) is 7.11 Å². The quantitative estimate of drug-likeness (QED) is 0.487. The predicted octanol–water partition coefficient (Wildman–Crippen LogP) is 1.90. The van der Waals surface area contributed by atoms with E-state index in [2.05, 4.69) is 15.8 Å². The summed E-state index contributed by atoms with van der Waals surface area (Å²) in [5.41, 5.74) is 4.63. The highest BCUT2D eigenvalue weighted by molar-refractivity contribution is 7.80. The molecule has 92 valence electrons. The number of hydrogen-bond donors (Lipinski definition) is 2. The Balaban J connectivity index is 2.70. The molecular weight excluding hydrogens is 234 g/mol. The van der Waals surface area contributed by atoms with E-state index in [0.717, 1.165) is 23.6 Å². The van der Waals surface area contributed by atoms with Crippen LogP contribution in [-0.4, -0.2) is 24.5 Å². The molecule has 0 unspecified atom stereocenters. The molecule has 0 aliphatic rings. The van der Waals surface area contributed by atoms with Crippen molar-refractivity contribution in [2.24, 2.45) is 5.10 Å². The van der Waals surface area contributed by atoms with E-state index in [4.69, 9.17) is 17.0 Å². The average molecular weight is 251 g/mol. The third-order valence-electron chi connectivity index (χ3n) is 2.15. The van der Waals surface area contributed by atoms with E-state index >= 15 is 0 Å². The van der Waals surface area contributed by atoms with Gasteiger partial charge in [-0.25, -0.2) is 0 Å². The lowest BCUT2D eigenvalue weighted by atomic mass is 10.1. The zero-order valence-corrected chi connectivity index (χ0v) is 11.1. The molecule has 0 spiro atoms.